The van der Waals surface area contributed by atoms with Crippen LogP contribution < -0.4 is 10.6 Å². The maximum atomic E-state index is 13.3. The smallest absolute Gasteiger partial charge is 0.408 e. The van der Waals surface area contributed by atoms with Crippen molar-refractivity contribution in [1.29, 1.82) is 0 Å². The standard InChI is InChI=1S/C33H36N2O8/c1-20(28(29(36)37)35-32(40)43-33(2,3)4)42-30(38)27(18-21-12-6-5-7-13-21)34-31(39)41-19-26-24-16-10-8-14-22(24)23-15-9-11-17-25(23)26/h5-17,20,26-28H,18-19H2,1-4H3,(H,34,39)(H,35,40)(H,36,37). The molecule has 0 saturated carbocycles. The van der Waals surface area contributed by atoms with Crippen molar-refractivity contribution in [3.05, 3.63) is 95.6 Å². The molecular weight excluding hydrogens is 552 g/mol. The molecule has 10 nitrogen and oxygen atoms in total. The molecule has 3 N–H and O–H groups in total. The number of amides is 2. The van der Waals surface area contributed by atoms with Crippen molar-refractivity contribution in [2.45, 2.75) is 63.8 Å². The van der Waals surface area contributed by atoms with Gasteiger partial charge in [-0.15, -0.1) is 0 Å². The summed E-state index contributed by atoms with van der Waals surface area (Å²) >= 11 is 0. The van der Waals surface area contributed by atoms with E-state index in [9.17, 15) is 24.3 Å². The number of hydrogen-bond acceptors (Lipinski definition) is 7. The van der Waals surface area contributed by atoms with Crippen molar-refractivity contribution >= 4 is 24.1 Å². The summed E-state index contributed by atoms with van der Waals surface area (Å²) < 4.78 is 16.2. The fourth-order valence-electron chi connectivity index (χ4n) is 4.97. The lowest BCUT2D eigenvalue weighted by atomic mass is 9.98. The molecule has 2 amide bonds. The summed E-state index contributed by atoms with van der Waals surface area (Å²) in [7, 11) is 0. The van der Waals surface area contributed by atoms with E-state index in [0.717, 1.165) is 27.8 Å². The summed E-state index contributed by atoms with van der Waals surface area (Å²) in [5.41, 5.74) is 4.13. The van der Waals surface area contributed by atoms with Gasteiger partial charge in [-0.2, -0.15) is 0 Å². The number of nitrogens with one attached hydrogen (secondary N) is 2. The van der Waals surface area contributed by atoms with E-state index in [4.69, 9.17) is 14.2 Å². The predicted octanol–water partition coefficient (Wildman–Crippen LogP) is 5.05. The quantitative estimate of drug-likeness (QED) is 0.221. The molecule has 3 aromatic rings. The van der Waals surface area contributed by atoms with E-state index < -0.39 is 47.9 Å². The Labute approximate surface area is 250 Å². The van der Waals surface area contributed by atoms with Gasteiger partial charge in [-0.1, -0.05) is 78.9 Å². The molecule has 10 heteroatoms. The number of carboxylic acid groups (broad SMARTS) is 1. The number of alkyl carbamates (subject to hydrolysis) is 2. The number of carbonyl (C=O) groups excluding carboxylic acids is 3. The monoisotopic (exact) mass is 588 g/mol. The van der Waals surface area contributed by atoms with Gasteiger partial charge in [0, 0.05) is 12.3 Å². The molecule has 3 unspecified atom stereocenters. The Morgan fingerprint density at radius 1 is 0.814 bits per heavy atom. The number of carboxylic acids is 1. The number of aliphatic carboxylic acids is 1. The van der Waals surface area contributed by atoms with E-state index in [0.29, 0.717) is 0 Å². The van der Waals surface area contributed by atoms with Gasteiger partial charge in [0.1, 0.15) is 24.4 Å². The highest BCUT2D eigenvalue weighted by atomic mass is 16.6. The van der Waals surface area contributed by atoms with Gasteiger partial charge in [0.15, 0.2) is 6.04 Å². The molecule has 1 aliphatic carbocycles. The Bertz CT molecular complexity index is 1420. The van der Waals surface area contributed by atoms with Crippen molar-refractivity contribution < 1.29 is 38.5 Å². The second-order valence-electron chi connectivity index (χ2n) is 11.3. The van der Waals surface area contributed by atoms with Gasteiger partial charge >= 0.3 is 24.1 Å². The maximum absolute atomic E-state index is 13.3. The molecule has 3 aromatic carbocycles. The van der Waals surface area contributed by atoms with Crippen molar-refractivity contribution in [1.82, 2.24) is 10.6 Å². The lowest BCUT2D eigenvalue weighted by Crippen LogP contribution is -2.52. The molecule has 3 atom stereocenters. The minimum Gasteiger partial charge on any atom is -0.480 e. The largest absolute Gasteiger partial charge is 0.480 e. The third kappa shape index (κ3) is 8.12. The number of benzene rings is 3. The molecule has 1 aliphatic rings. The van der Waals surface area contributed by atoms with Crippen LogP contribution in [0.3, 0.4) is 0 Å². The van der Waals surface area contributed by atoms with Gasteiger partial charge in [0.25, 0.3) is 0 Å². The van der Waals surface area contributed by atoms with Crippen LogP contribution >= 0.6 is 0 Å². The molecular formula is C33H36N2O8. The lowest BCUT2D eigenvalue weighted by Gasteiger charge is -2.26. The van der Waals surface area contributed by atoms with E-state index in [1.165, 1.54) is 6.92 Å². The van der Waals surface area contributed by atoms with E-state index in [-0.39, 0.29) is 18.9 Å². The second-order valence-corrected chi connectivity index (χ2v) is 11.3. The third-order valence-electron chi connectivity index (χ3n) is 6.91. The van der Waals surface area contributed by atoms with E-state index in [2.05, 4.69) is 10.6 Å². The SMILES string of the molecule is CC(OC(=O)C(Cc1ccccc1)NC(=O)OCC1c2ccccc2-c2ccccc21)C(NC(=O)OC(C)(C)C)C(=O)O. The highest BCUT2D eigenvalue weighted by molar-refractivity contribution is 5.84. The van der Waals surface area contributed by atoms with Crippen LogP contribution in [0.1, 0.15) is 50.3 Å². The summed E-state index contributed by atoms with van der Waals surface area (Å²) in [4.78, 5) is 50.4. The summed E-state index contributed by atoms with van der Waals surface area (Å²) in [6.45, 7) is 6.28. The first-order chi connectivity index (χ1) is 20.4. The van der Waals surface area contributed by atoms with E-state index in [1.54, 1.807) is 45.0 Å². The zero-order valence-corrected chi connectivity index (χ0v) is 24.5. The molecule has 0 heterocycles. The Balaban J connectivity index is 1.44. The first kappa shape index (κ1) is 31.1. The van der Waals surface area contributed by atoms with E-state index >= 15 is 0 Å². The molecule has 226 valence electrons. The van der Waals surface area contributed by atoms with Crippen LogP contribution in [0.2, 0.25) is 0 Å². The fraction of sp³-hybridized carbons (Fsp3) is 0.333. The number of hydrogen-bond donors (Lipinski definition) is 3. The Morgan fingerprint density at radius 3 is 1.93 bits per heavy atom. The van der Waals surface area contributed by atoms with Crippen molar-refractivity contribution in [3.8, 4) is 11.1 Å². The van der Waals surface area contributed by atoms with Crippen LogP contribution in [-0.2, 0) is 30.2 Å². The van der Waals surface area contributed by atoms with E-state index in [1.807, 2.05) is 54.6 Å². The van der Waals surface area contributed by atoms with Gasteiger partial charge in [-0.3, -0.25) is 0 Å². The normalized spacial score (nSPS) is 14.3. The number of ether oxygens (including phenoxy) is 3. The molecule has 0 fully saturated rings. The molecule has 43 heavy (non-hydrogen) atoms. The zero-order valence-electron chi connectivity index (χ0n) is 24.5. The fourth-order valence-corrected chi connectivity index (χ4v) is 4.97. The van der Waals surface area contributed by atoms with Crippen LogP contribution in [-0.4, -0.2) is 59.6 Å². The highest BCUT2D eigenvalue weighted by Gasteiger charge is 2.34. The Morgan fingerprint density at radius 2 is 1.37 bits per heavy atom. The first-order valence-corrected chi connectivity index (χ1v) is 14.0. The van der Waals surface area contributed by atoms with Crippen LogP contribution in [0.5, 0.6) is 0 Å². The molecule has 0 aromatic heterocycles. The summed E-state index contributed by atoms with van der Waals surface area (Å²) in [6.07, 6.45) is -3.03. The number of fused-ring (bicyclic) bond motifs is 3. The van der Waals surface area contributed by atoms with Crippen LogP contribution in [0.15, 0.2) is 78.9 Å². The minimum absolute atomic E-state index is 0.0459. The molecule has 0 aliphatic heterocycles. The van der Waals surface area contributed by atoms with Gasteiger partial charge < -0.3 is 30.0 Å². The van der Waals surface area contributed by atoms with Gasteiger partial charge in [-0.25, -0.2) is 19.2 Å². The van der Waals surface area contributed by atoms with Gasteiger partial charge in [0.05, 0.1) is 0 Å². The third-order valence-corrected chi connectivity index (χ3v) is 6.91. The van der Waals surface area contributed by atoms with Crippen LogP contribution in [0, 0.1) is 0 Å². The molecule has 4 rings (SSSR count). The van der Waals surface area contributed by atoms with Crippen molar-refractivity contribution in [3.63, 3.8) is 0 Å². The minimum atomic E-state index is -1.59. The van der Waals surface area contributed by atoms with Crippen LogP contribution in [0.25, 0.3) is 11.1 Å². The summed E-state index contributed by atoms with van der Waals surface area (Å²) in [6, 6.07) is 22.0. The number of esters is 1. The second kappa shape index (κ2) is 13.4. The Hall–Kier alpha value is -4.86. The number of rotatable bonds is 10. The maximum Gasteiger partial charge on any atom is 0.408 e. The average molecular weight is 589 g/mol. The highest BCUT2D eigenvalue weighted by Crippen LogP contribution is 2.44. The summed E-state index contributed by atoms with van der Waals surface area (Å²) in [5, 5.41) is 14.5. The van der Waals surface area contributed by atoms with Gasteiger partial charge in [0.2, 0.25) is 0 Å². The molecule has 0 radical (unpaired) electrons. The molecule has 0 saturated heterocycles. The number of carbonyl (C=O) groups is 4. The average Bonchev–Trinajstić information content (AvgIpc) is 3.27. The first-order valence-electron chi connectivity index (χ1n) is 14.0. The molecule has 0 bridgehead atoms. The van der Waals surface area contributed by atoms with Crippen molar-refractivity contribution in [2.24, 2.45) is 0 Å². The van der Waals surface area contributed by atoms with Crippen LogP contribution in [0.4, 0.5) is 9.59 Å². The molecule has 0 spiro atoms. The topological polar surface area (TPSA) is 140 Å². The predicted molar refractivity (Wildman–Crippen MR) is 158 cm³/mol. The summed E-state index contributed by atoms with van der Waals surface area (Å²) in [5.74, 6) is -2.48. The lowest BCUT2D eigenvalue weighted by molar-refractivity contribution is -0.156. The zero-order chi connectivity index (χ0) is 31.1. The van der Waals surface area contributed by atoms with Gasteiger partial charge in [-0.05, 0) is 55.5 Å². The Kier molecular flexibility index (Phi) is 9.70. The van der Waals surface area contributed by atoms with Crippen molar-refractivity contribution in [2.75, 3.05) is 6.61 Å².